The van der Waals surface area contributed by atoms with Crippen LogP contribution in [-0.2, 0) is 9.53 Å². The van der Waals surface area contributed by atoms with E-state index in [0.29, 0.717) is 65.6 Å². The number of fused-ring (bicyclic) bond motifs is 1. The number of carbonyl (C=O) groups excluding carboxylic acids is 2. The zero-order valence-electron chi connectivity index (χ0n) is 18.1. The molecule has 33 heavy (non-hydrogen) atoms. The van der Waals surface area contributed by atoms with Gasteiger partial charge in [0.15, 0.2) is 0 Å². The lowest BCUT2D eigenvalue weighted by atomic mass is 10.2. The third-order valence-electron chi connectivity index (χ3n) is 5.31. The van der Waals surface area contributed by atoms with Gasteiger partial charge >= 0.3 is 6.09 Å². The summed E-state index contributed by atoms with van der Waals surface area (Å²) in [5.41, 5.74) is 0.529. The molecule has 2 amide bonds. The summed E-state index contributed by atoms with van der Waals surface area (Å²) >= 11 is 6.48. The average molecular weight is 486 g/mol. The van der Waals surface area contributed by atoms with Crippen molar-refractivity contribution in [2.45, 2.75) is 6.92 Å². The Kier molecular flexibility index (Phi) is 6.80. The third kappa shape index (κ3) is 4.51. The summed E-state index contributed by atoms with van der Waals surface area (Å²) in [4.78, 5) is 48.5. The van der Waals surface area contributed by atoms with Gasteiger partial charge in [-0.05, 0) is 25.1 Å². The number of hydrogen-bond donors (Lipinski definition) is 0. The molecular formula is C22H23N5O4S2. The van der Waals surface area contributed by atoms with E-state index in [1.807, 2.05) is 11.0 Å². The Morgan fingerprint density at radius 2 is 2.03 bits per heavy atom. The number of nitrogens with zero attached hydrogens (tertiary/aromatic N) is 5. The fraction of sp³-hybridized carbons (Fsp3) is 0.318. The first-order chi connectivity index (χ1) is 15.9. The number of pyridine rings is 1. The predicted octanol–water partition coefficient (Wildman–Crippen LogP) is 2.36. The van der Waals surface area contributed by atoms with Crippen molar-refractivity contribution in [3.05, 3.63) is 57.9 Å². The number of aromatic nitrogens is 2. The molecule has 0 bridgehead atoms. The van der Waals surface area contributed by atoms with Gasteiger partial charge in [0.1, 0.15) is 15.8 Å². The van der Waals surface area contributed by atoms with Crippen LogP contribution in [0.25, 0.3) is 11.7 Å². The highest BCUT2D eigenvalue weighted by atomic mass is 32.2. The first kappa shape index (κ1) is 23.0. The fourth-order valence-corrected chi connectivity index (χ4v) is 4.95. The molecule has 2 fully saturated rings. The standard InChI is InChI=1S/C22H23N5O4S2/c1-3-8-27-20(29)16(33-22(27)32)14-15-18(23-17-7-5-6-9-26(17)19(15)28)24-10-12-25(13-11-24)21(30)31-4-2/h3,5-7,9,14H,1,4,8,10-13H2,2H3/b16-14-. The average Bonchev–Trinajstić information content (AvgIpc) is 3.09. The second-order valence-electron chi connectivity index (χ2n) is 7.34. The van der Waals surface area contributed by atoms with Gasteiger partial charge in [0.05, 0.1) is 17.1 Å². The minimum absolute atomic E-state index is 0.263. The van der Waals surface area contributed by atoms with Crippen LogP contribution in [0.3, 0.4) is 0 Å². The third-order valence-corrected chi connectivity index (χ3v) is 6.69. The summed E-state index contributed by atoms with van der Waals surface area (Å²) in [6.07, 6.45) is 4.47. The van der Waals surface area contributed by atoms with Crippen molar-refractivity contribution in [1.82, 2.24) is 19.2 Å². The van der Waals surface area contributed by atoms with Gasteiger partial charge in [0.25, 0.3) is 11.5 Å². The number of ether oxygens (including phenoxy) is 1. The van der Waals surface area contributed by atoms with Crippen LogP contribution in [0.2, 0.25) is 0 Å². The minimum atomic E-state index is -0.352. The molecule has 0 saturated carbocycles. The monoisotopic (exact) mass is 485 g/mol. The molecule has 0 spiro atoms. The second-order valence-corrected chi connectivity index (χ2v) is 9.01. The molecule has 2 aliphatic heterocycles. The zero-order chi connectivity index (χ0) is 23.5. The number of carbonyl (C=O) groups is 2. The molecule has 4 rings (SSSR count). The van der Waals surface area contributed by atoms with Crippen LogP contribution in [0, 0.1) is 0 Å². The van der Waals surface area contributed by atoms with Gasteiger partial charge in [-0.1, -0.05) is 36.1 Å². The number of thiocarbonyl (C=S) groups is 1. The van der Waals surface area contributed by atoms with Crippen molar-refractivity contribution in [2.75, 3.05) is 44.2 Å². The molecule has 2 aromatic rings. The van der Waals surface area contributed by atoms with Crippen LogP contribution in [0.15, 0.2) is 46.8 Å². The summed E-state index contributed by atoms with van der Waals surface area (Å²) in [5.74, 6) is 0.212. The summed E-state index contributed by atoms with van der Waals surface area (Å²) in [6.45, 7) is 7.89. The molecule has 0 N–H and O–H groups in total. The molecule has 0 atom stereocenters. The van der Waals surface area contributed by atoms with Crippen molar-refractivity contribution in [3.8, 4) is 0 Å². The predicted molar refractivity (Wildman–Crippen MR) is 132 cm³/mol. The van der Waals surface area contributed by atoms with E-state index >= 15 is 0 Å². The van der Waals surface area contributed by atoms with Crippen LogP contribution in [0.5, 0.6) is 0 Å². The van der Waals surface area contributed by atoms with Crippen molar-refractivity contribution in [3.63, 3.8) is 0 Å². The molecule has 0 aliphatic carbocycles. The largest absolute Gasteiger partial charge is 0.450 e. The molecule has 2 saturated heterocycles. The quantitative estimate of drug-likeness (QED) is 0.362. The molecule has 2 aromatic heterocycles. The molecule has 2 aliphatic rings. The first-order valence-corrected chi connectivity index (χ1v) is 11.7. The second kappa shape index (κ2) is 9.75. The Morgan fingerprint density at radius 3 is 2.73 bits per heavy atom. The van der Waals surface area contributed by atoms with Crippen molar-refractivity contribution >= 4 is 57.8 Å². The molecular weight excluding hydrogens is 462 g/mol. The number of rotatable bonds is 5. The van der Waals surface area contributed by atoms with E-state index in [4.69, 9.17) is 21.9 Å². The lowest BCUT2D eigenvalue weighted by Crippen LogP contribution is -2.49. The zero-order valence-corrected chi connectivity index (χ0v) is 19.7. The van der Waals surface area contributed by atoms with E-state index < -0.39 is 0 Å². The van der Waals surface area contributed by atoms with Gasteiger partial charge in [0, 0.05) is 38.9 Å². The number of piperazine rings is 1. The summed E-state index contributed by atoms with van der Waals surface area (Å²) in [7, 11) is 0. The first-order valence-electron chi connectivity index (χ1n) is 10.5. The maximum absolute atomic E-state index is 13.4. The Bertz CT molecular complexity index is 1220. The summed E-state index contributed by atoms with van der Waals surface area (Å²) in [6, 6.07) is 5.32. The van der Waals surface area contributed by atoms with E-state index in [2.05, 4.69) is 6.58 Å². The van der Waals surface area contributed by atoms with Crippen LogP contribution >= 0.6 is 24.0 Å². The minimum Gasteiger partial charge on any atom is -0.450 e. The number of amides is 2. The maximum atomic E-state index is 13.4. The lowest BCUT2D eigenvalue weighted by Gasteiger charge is -2.35. The van der Waals surface area contributed by atoms with E-state index in [-0.39, 0.29) is 17.6 Å². The SMILES string of the molecule is C=CCN1C(=O)/C(=C/c2c(N3CCN(C(=O)OCC)CC3)nc3ccccn3c2=O)SC1=S. The van der Waals surface area contributed by atoms with E-state index in [1.54, 1.807) is 42.3 Å². The Labute approximate surface area is 200 Å². The molecule has 0 unspecified atom stereocenters. The molecule has 0 radical (unpaired) electrons. The number of thioether (sulfide) groups is 1. The van der Waals surface area contributed by atoms with Crippen LogP contribution < -0.4 is 10.5 Å². The maximum Gasteiger partial charge on any atom is 0.409 e. The molecule has 9 nitrogen and oxygen atoms in total. The molecule has 11 heteroatoms. The highest BCUT2D eigenvalue weighted by Gasteiger charge is 2.32. The van der Waals surface area contributed by atoms with Gasteiger partial charge in [0.2, 0.25) is 0 Å². The normalized spacial score (nSPS) is 17.8. The van der Waals surface area contributed by atoms with Gasteiger partial charge in [-0.2, -0.15) is 0 Å². The molecule has 0 aromatic carbocycles. The number of anilines is 1. The van der Waals surface area contributed by atoms with Crippen LogP contribution in [0.1, 0.15) is 12.5 Å². The van der Waals surface area contributed by atoms with Gasteiger partial charge in [-0.25, -0.2) is 9.78 Å². The van der Waals surface area contributed by atoms with Gasteiger partial charge in [-0.3, -0.25) is 18.9 Å². The smallest absolute Gasteiger partial charge is 0.409 e. The fourth-order valence-electron chi connectivity index (χ4n) is 3.69. The summed E-state index contributed by atoms with van der Waals surface area (Å²) < 4.78 is 6.96. The topological polar surface area (TPSA) is 87.5 Å². The van der Waals surface area contributed by atoms with Crippen LogP contribution in [0.4, 0.5) is 10.6 Å². The van der Waals surface area contributed by atoms with Crippen molar-refractivity contribution in [2.24, 2.45) is 0 Å². The Balaban J connectivity index is 1.73. The van der Waals surface area contributed by atoms with Gasteiger partial charge < -0.3 is 14.5 Å². The van der Waals surface area contributed by atoms with Crippen LogP contribution in [-0.4, -0.2) is 74.8 Å². The Morgan fingerprint density at radius 1 is 1.27 bits per heavy atom. The molecule has 4 heterocycles. The van der Waals surface area contributed by atoms with E-state index in [1.165, 1.54) is 9.30 Å². The van der Waals surface area contributed by atoms with E-state index in [0.717, 1.165) is 11.8 Å². The van der Waals surface area contributed by atoms with Crippen molar-refractivity contribution in [1.29, 1.82) is 0 Å². The molecule has 172 valence electrons. The lowest BCUT2D eigenvalue weighted by molar-refractivity contribution is -0.121. The Hall–Kier alpha value is -3.18. The highest BCUT2D eigenvalue weighted by molar-refractivity contribution is 8.26. The van der Waals surface area contributed by atoms with Crippen molar-refractivity contribution < 1.29 is 14.3 Å². The summed E-state index contributed by atoms with van der Waals surface area (Å²) in [5, 5.41) is 0. The van der Waals surface area contributed by atoms with Gasteiger partial charge in [-0.15, -0.1) is 6.58 Å². The number of hydrogen-bond acceptors (Lipinski definition) is 8. The highest BCUT2D eigenvalue weighted by Crippen LogP contribution is 2.33. The van der Waals surface area contributed by atoms with E-state index in [9.17, 15) is 14.4 Å².